The number of hydrogen-bond acceptors (Lipinski definition) is 3. The van der Waals surface area contributed by atoms with Gasteiger partial charge in [-0.2, -0.15) is 0 Å². The molecule has 3 N–H and O–H groups in total. The fraction of sp³-hybridized carbons (Fsp3) is 0.333. The molecule has 0 saturated heterocycles. The van der Waals surface area contributed by atoms with Crippen LogP contribution in [0.1, 0.15) is 34.1 Å². The Bertz CT molecular complexity index is 511. The Morgan fingerprint density at radius 2 is 1.89 bits per heavy atom. The number of aryl methyl sites for hydroxylation is 3. The molecule has 2 rings (SSSR count). The zero-order valence-electron chi connectivity index (χ0n) is 11.2. The Hall–Kier alpha value is -1.58. The molecular formula is C15H20N2O. The van der Waals surface area contributed by atoms with Crippen molar-refractivity contribution in [1.82, 2.24) is 5.43 Å². The molecule has 0 bridgehead atoms. The minimum Gasteiger partial charge on any atom is -0.469 e. The van der Waals surface area contributed by atoms with Gasteiger partial charge in [0.05, 0.1) is 12.3 Å². The van der Waals surface area contributed by atoms with Gasteiger partial charge in [-0.1, -0.05) is 18.2 Å². The summed E-state index contributed by atoms with van der Waals surface area (Å²) in [7, 11) is 0. The Labute approximate surface area is 108 Å². The molecule has 3 nitrogen and oxygen atoms in total. The van der Waals surface area contributed by atoms with Gasteiger partial charge in [-0.25, -0.2) is 0 Å². The van der Waals surface area contributed by atoms with E-state index in [1.165, 1.54) is 16.7 Å². The van der Waals surface area contributed by atoms with Gasteiger partial charge in [0.1, 0.15) is 5.76 Å². The molecule has 0 radical (unpaired) electrons. The van der Waals surface area contributed by atoms with Gasteiger partial charge in [0.25, 0.3) is 0 Å². The van der Waals surface area contributed by atoms with E-state index in [2.05, 4.69) is 37.5 Å². The first kappa shape index (κ1) is 12.9. The van der Waals surface area contributed by atoms with Crippen LogP contribution in [-0.4, -0.2) is 0 Å². The first-order valence-corrected chi connectivity index (χ1v) is 6.18. The van der Waals surface area contributed by atoms with Crippen LogP contribution in [0, 0.1) is 20.8 Å². The third-order valence-electron chi connectivity index (χ3n) is 3.41. The molecule has 1 unspecified atom stereocenters. The summed E-state index contributed by atoms with van der Waals surface area (Å²) in [5.41, 5.74) is 7.92. The fourth-order valence-electron chi connectivity index (χ4n) is 2.29. The number of furan rings is 1. The highest BCUT2D eigenvalue weighted by atomic mass is 16.3. The summed E-state index contributed by atoms with van der Waals surface area (Å²) in [5, 5.41) is 0. The van der Waals surface area contributed by atoms with Crippen molar-refractivity contribution in [1.29, 1.82) is 0 Å². The van der Waals surface area contributed by atoms with Crippen LogP contribution < -0.4 is 11.3 Å². The molecule has 18 heavy (non-hydrogen) atoms. The average Bonchev–Trinajstić information content (AvgIpc) is 2.76. The van der Waals surface area contributed by atoms with Crippen molar-refractivity contribution in [2.75, 3.05) is 0 Å². The molecule has 96 valence electrons. The molecule has 0 aliphatic rings. The topological polar surface area (TPSA) is 51.2 Å². The number of nitrogens with two attached hydrogens (primary N) is 1. The predicted molar refractivity (Wildman–Crippen MR) is 73.1 cm³/mol. The molecule has 0 fully saturated rings. The summed E-state index contributed by atoms with van der Waals surface area (Å²) in [5.74, 6) is 6.58. The lowest BCUT2D eigenvalue weighted by Gasteiger charge is -2.17. The van der Waals surface area contributed by atoms with Crippen LogP contribution in [0.25, 0.3) is 0 Å². The normalized spacial score (nSPS) is 12.7. The minimum atomic E-state index is 0.0854. The van der Waals surface area contributed by atoms with Crippen LogP contribution in [0.3, 0.4) is 0 Å². The van der Waals surface area contributed by atoms with Crippen molar-refractivity contribution in [3.05, 3.63) is 58.5 Å². The predicted octanol–water partition coefficient (Wildman–Crippen LogP) is 2.95. The van der Waals surface area contributed by atoms with Crippen molar-refractivity contribution in [2.24, 2.45) is 5.84 Å². The molecule has 2 aromatic rings. The van der Waals surface area contributed by atoms with Crippen LogP contribution in [0.15, 0.2) is 34.9 Å². The Balaban J connectivity index is 2.26. The Morgan fingerprint density at radius 3 is 2.39 bits per heavy atom. The highest BCUT2D eigenvalue weighted by Gasteiger charge is 2.15. The van der Waals surface area contributed by atoms with E-state index < -0.39 is 0 Å². The lowest BCUT2D eigenvalue weighted by atomic mass is 9.94. The van der Waals surface area contributed by atoms with Gasteiger partial charge in [-0.05, 0) is 49.9 Å². The SMILES string of the molecule is Cc1cc(C(Cc2c(C)cccc2C)NN)co1. The smallest absolute Gasteiger partial charge is 0.101 e. The third kappa shape index (κ3) is 2.63. The van der Waals surface area contributed by atoms with E-state index in [0.29, 0.717) is 0 Å². The van der Waals surface area contributed by atoms with Crippen molar-refractivity contribution in [3.63, 3.8) is 0 Å². The maximum absolute atomic E-state index is 5.67. The molecule has 0 spiro atoms. The number of nitrogens with one attached hydrogen (secondary N) is 1. The molecule has 0 aliphatic heterocycles. The minimum absolute atomic E-state index is 0.0854. The second-order valence-electron chi connectivity index (χ2n) is 4.78. The molecule has 0 aliphatic carbocycles. The quantitative estimate of drug-likeness (QED) is 0.642. The zero-order valence-corrected chi connectivity index (χ0v) is 11.2. The van der Waals surface area contributed by atoms with Crippen LogP contribution in [0.4, 0.5) is 0 Å². The number of hydrazine groups is 1. The van der Waals surface area contributed by atoms with Crippen molar-refractivity contribution >= 4 is 0 Å². The van der Waals surface area contributed by atoms with Gasteiger partial charge in [0.15, 0.2) is 0 Å². The van der Waals surface area contributed by atoms with E-state index in [9.17, 15) is 0 Å². The Morgan fingerprint density at radius 1 is 1.22 bits per heavy atom. The first-order valence-electron chi connectivity index (χ1n) is 6.18. The van der Waals surface area contributed by atoms with Gasteiger partial charge >= 0.3 is 0 Å². The van der Waals surface area contributed by atoms with Crippen LogP contribution >= 0.6 is 0 Å². The summed E-state index contributed by atoms with van der Waals surface area (Å²) < 4.78 is 5.35. The number of benzene rings is 1. The first-order chi connectivity index (χ1) is 8.61. The molecular weight excluding hydrogens is 224 g/mol. The molecule has 0 saturated carbocycles. The van der Waals surface area contributed by atoms with E-state index in [4.69, 9.17) is 10.3 Å². The molecule has 1 aromatic heterocycles. The van der Waals surface area contributed by atoms with Crippen molar-refractivity contribution < 1.29 is 4.42 Å². The maximum Gasteiger partial charge on any atom is 0.101 e. The average molecular weight is 244 g/mol. The summed E-state index contributed by atoms with van der Waals surface area (Å²) in [6.45, 7) is 6.21. The summed E-state index contributed by atoms with van der Waals surface area (Å²) in [4.78, 5) is 0. The van der Waals surface area contributed by atoms with E-state index in [1.807, 2.05) is 13.0 Å². The largest absolute Gasteiger partial charge is 0.469 e. The lowest BCUT2D eigenvalue weighted by Crippen LogP contribution is -2.29. The number of rotatable bonds is 4. The molecule has 3 heteroatoms. The fourth-order valence-corrected chi connectivity index (χ4v) is 2.29. The molecule has 1 heterocycles. The highest BCUT2D eigenvalue weighted by Crippen LogP contribution is 2.23. The van der Waals surface area contributed by atoms with E-state index in [0.717, 1.165) is 17.7 Å². The van der Waals surface area contributed by atoms with Crippen molar-refractivity contribution in [2.45, 2.75) is 33.2 Å². The van der Waals surface area contributed by atoms with E-state index >= 15 is 0 Å². The Kier molecular flexibility index (Phi) is 3.84. The summed E-state index contributed by atoms with van der Waals surface area (Å²) >= 11 is 0. The second kappa shape index (κ2) is 5.38. The van der Waals surface area contributed by atoms with Gasteiger partial charge in [0, 0.05) is 5.56 Å². The van der Waals surface area contributed by atoms with Gasteiger partial charge in [-0.3, -0.25) is 11.3 Å². The van der Waals surface area contributed by atoms with Crippen LogP contribution in [-0.2, 0) is 6.42 Å². The standard InChI is InChI=1S/C15H20N2O/c1-10-5-4-6-11(2)14(10)8-15(17-16)13-7-12(3)18-9-13/h4-7,9,15,17H,8,16H2,1-3H3. The van der Waals surface area contributed by atoms with E-state index in [1.54, 1.807) is 6.26 Å². The number of hydrogen-bond donors (Lipinski definition) is 2. The molecule has 1 atom stereocenters. The molecule has 0 amide bonds. The molecule has 1 aromatic carbocycles. The summed E-state index contributed by atoms with van der Waals surface area (Å²) in [6, 6.07) is 8.47. The highest BCUT2D eigenvalue weighted by molar-refractivity contribution is 5.35. The monoisotopic (exact) mass is 244 g/mol. The van der Waals surface area contributed by atoms with Crippen molar-refractivity contribution in [3.8, 4) is 0 Å². The summed E-state index contributed by atoms with van der Waals surface area (Å²) in [6.07, 6.45) is 2.64. The van der Waals surface area contributed by atoms with Gasteiger partial charge in [0.2, 0.25) is 0 Å². The van der Waals surface area contributed by atoms with Crippen LogP contribution in [0.5, 0.6) is 0 Å². The van der Waals surface area contributed by atoms with Crippen LogP contribution in [0.2, 0.25) is 0 Å². The third-order valence-corrected chi connectivity index (χ3v) is 3.41. The van der Waals surface area contributed by atoms with Gasteiger partial charge in [-0.15, -0.1) is 0 Å². The second-order valence-corrected chi connectivity index (χ2v) is 4.78. The van der Waals surface area contributed by atoms with E-state index in [-0.39, 0.29) is 6.04 Å². The lowest BCUT2D eigenvalue weighted by molar-refractivity contribution is 0.511. The van der Waals surface area contributed by atoms with Gasteiger partial charge < -0.3 is 4.42 Å². The maximum atomic E-state index is 5.67. The zero-order chi connectivity index (χ0) is 13.1.